The van der Waals surface area contributed by atoms with Crippen LogP contribution >= 0.6 is 0 Å². The molecule has 14 heavy (non-hydrogen) atoms. The highest BCUT2D eigenvalue weighted by molar-refractivity contribution is 5.85. The molecule has 0 radical (unpaired) electrons. The van der Waals surface area contributed by atoms with E-state index in [0.717, 1.165) is 0 Å². The summed E-state index contributed by atoms with van der Waals surface area (Å²) in [5.41, 5.74) is 4.05. The van der Waals surface area contributed by atoms with Crippen LogP contribution in [-0.2, 0) is 4.79 Å². The number of amides is 1. The van der Waals surface area contributed by atoms with Gasteiger partial charge in [-0.05, 0) is 26.7 Å². The quantitative estimate of drug-likeness (QED) is 0.603. The summed E-state index contributed by atoms with van der Waals surface area (Å²) in [6.07, 6.45) is 1.17. The van der Waals surface area contributed by atoms with E-state index in [4.69, 9.17) is 5.73 Å². The molecule has 0 heterocycles. The fraction of sp³-hybridized carbons (Fsp3) is 0.900. The molecule has 0 bridgehead atoms. The van der Waals surface area contributed by atoms with Gasteiger partial charge in [0.1, 0.15) is 0 Å². The van der Waals surface area contributed by atoms with E-state index in [1.807, 2.05) is 13.8 Å². The highest BCUT2D eigenvalue weighted by Gasteiger charge is 2.27. The van der Waals surface area contributed by atoms with Gasteiger partial charge in [0.2, 0.25) is 5.91 Å². The van der Waals surface area contributed by atoms with E-state index in [1.165, 1.54) is 0 Å². The molecule has 4 N–H and O–H groups in total. The highest BCUT2D eigenvalue weighted by atomic mass is 16.3. The first-order valence-corrected chi connectivity index (χ1v) is 5.04. The SMILES string of the molecule is CCC(C)(O)CNC(=O)C(C)(N)CC. The Balaban J connectivity index is 4.10. The summed E-state index contributed by atoms with van der Waals surface area (Å²) < 4.78 is 0. The number of carbonyl (C=O) groups excluding carboxylic acids is 1. The third-order valence-corrected chi connectivity index (χ3v) is 2.64. The molecular formula is C10H22N2O2. The topological polar surface area (TPSA) is 75.3 Å². The van der Waals surface area contributed by atoms with Crippen LogP contribution in [0, 0.1) is 0 Å². The van der Waals surface area contributed by atoms with E-state index in [2.05, 4.69) is 5.32 Å². The van der Waals surface area contributed by atoms with Gasteiger partial charge in [0, 0.05) is 6.54 Å². The minimum Gasteiger partial charge on any atom is -0.388 e. The second-order valence-corrected chi connectivity index (χ2v) is 4.30. The zero-order chi connectivity index (χ0) is 11.4. The molecule has 0 rings (SSSR count). The third kappa shape index (κ3) is 4.07. The van der Waals surface area contributed by atoms with Gasteiger partial charge in [-0.3, -0.25) is 4.79 Å². The molecule has 0 fully saturated rings. The Morgan fingerprint density at radius 1 is 1.36 bits per heavy atom. The van der Waals surface area contributed by atoms with E-state index in [9.17, 15) is 9.90 Å². The molecule has 2 unspecified atom stereocenters. The monoisotopic (exact) mass is 202 g/mol. The molecule has 0 aliphatic rings. The van der Waals surface area contributed by atoms with Gasteiger partial charge in [-0.1, -0.05) is 13.8 Å². The first-order valence-electron chi connectivity index (χ1n) is 5.04. The van der Waals surface area contributed by atoms with Crippen molar-refractivity contribution in [2.45, 2.75) is 51.7 Å². The maximum atomic E-state index is 11.5. The molecule has 84 valence electrons. The van der Waals surface area contributed by atoms with Gasteiger partial charge in [0.05, 0.1) is 11.1 Å². The molecule has 2 atom stereocenters. The third-order valence-electron chi connectivity index (χ3n) is 2.64. The molecule has 0 aliphatic heterocycles. The zero-order valence-corrected chi connectivity index (χ0v) is 9.55. The zero-order valence-electron chi connectivity index (χ0n) is 9.55. The number of rotatable bonds is 5. The summed E-state index contributed by atoms with van der Waals surface area (Å²) in [4.78, 5) is 11.5. The normalized spacial score (nSPS) is 19.6. The van der Waals surface area contributed by atoms with Crippen LogP contribution in [0.25, 0.3) is 0 Å². The Labute approximate surface area is 85.9 Å². The van der Waals surface area contributed by atoms with Gasteiger partial charge in [-0.15, -0.1) is 0 Å². The smallest absolute Gasteiger partial charge is 0.239 e. The maximum absolute atomic E-state index is 11.5. The summed E-state index contributed by atoms with van der Waals surface area (Å²) in [6, 6.07) is 0. The van der Waals surface area contributed by atoms with Gasteiger partial charge >= 0.3 is 0 Å². The van der Waals surface area contributed by atoms with Crippen molar-refractivity contribution in [3.63, 3.8) is 0 Å². The molecule has 4 heteroatoms. The molecule has 0 saturated carbocycles. The molecule has 0 aromatic carbocycles. The number of aliphatic hydroxyl groups is 1. The molecule has 4 nitrogen and oxygen atoms in total. The van der Waals surface area contributed by atoms with Crippen LogP contribution in [0.5, 0.6) is 0 Å². The summed E-state index contributed by atoms with van der Waals surface area (Å²) in [6.45, 7) is 7.34. The van der Waals surface area contributed by atoms with Gasteiger partial charge in [0.15, 0.2) is 0 Å². The standard InChI is InChI=1S/C10H22N2O2/c1-5-9(3,14)7-12-8(13)10(4,11)6-2/h14H,5-7,11H2,1-4H3,(H,12,13). The van der Waals surface area contributed by atoms with Crippen molar-refractivity contribution in [1.82, 2.24) is 5.32 Å². The van der Waals surface area contributed by atoms with Crippen molar-refractivity contribution in [2.24, 2.45) is 5.73 Å². The van der Waals surface area contributed by atoms with E-state index in [1.54, 1.807) is 13.8 Å². The fourth-order valence-electron chi connectivity index (χ4n) is 0.758. The fourth-order valence-corrected chi connectivity index (χ4v) is 0.758. The molecular weight excluding hydrogens is 180 g/mol. The Morgan fingerprint density at radius 3 is 2.21 bits per heavy atom. The molecule has 1 amide bonds. The molecule has 0 spiro atoms. The van der Waals surface area contributed by atoms with Crippen molar-refractivity contribution >= 4 is 5.91 Å². The Kier molecular flexibility index (Phi) is 4.55. The lowest BCUT2D eigenvalue weighted by molar-refractivity contribution is -0.127. The first-order chi connectivity index (χ1) is 6.25. The van der Waals surface area contributed by atoms with Crippen LogP contribution in [0.15, 0.2) is 0 Å². The van der Waals surface area contributed by atoms with E-state index in [0.29, 0.717) is 12.8 Å². The van der Waals surface area contributed by atoms with Crippen LogP contribution in [0.2, 0.25) is 0 Å². The Hall–Kier alpha value is -0.610. The van der Waals surface area contributed by atoms with Crippen LogP contribution in [0.4, 0.5) is 0 Å². The molecule has 0 aromatic rings. The second kappa shape index (κ2) is 4.75. The first kappa shape index (κ1) is 13.4. The summed E-state index contributed by atoms with van der Waals surface area (Å²) >= 11 is 0. The maximum Gasteiger partial charge on any atom is 0.239 e. The number of hydrogen-bond donors (Lipinski definition) is 3. The summed E-state index contributed by atoms with van der Waals surface area (Å²) in [7, 11) is 0. The average Bonchev–Trinajstić information content (AvgIpc) is 2.14. The van der Waals surface area contributed by atoms with E-state index >= 15 is 0 Å². The van der Waals surface area contributed by atoms with E-state index < -0.39 is 11.1 Å². The van der Waals surface area contributed by atoms with Crippen LogP contribution in [0.1, 0.15) is 40.5 Å². The van der Waals surface area contributed by atoms with Gasteiger partial charge in [-0.2, -0.15) is 0 Å². The summed E-state index contributed by atoms with van der Waals surface area (Å²) in [5, 5.41) is 12.3. The van der Waals surface area contributed by atoms with Crippen LogP contribution in [-0.4, -0.2) is 28.7 Å². The van der Waals surface area contributed by atoms with Gasteiger partial charge < -0.3 is 16.2 Å². The predicted molar refractivity (Wildman–Crippen MR) is 56.8 cm³/mol. The summed E-state index contributed by atoms with van der Waals surface area (Å²) in [5.74, 6) is -0.214. The average molecular weight is 202 g/mol. The van der Waals surface area contributed by atoms with Crippen molar-refractivity contribution < 1.29 is 9.90 Å². The Morgan fingerprint density at radius 2 is 1.86 bits per heavy atom. The van der Waals surface area contributed by atoms with Crippen molar-refractivity contribution in [2.75, 3.05) is 6.54 Å². The van der Waals surface area contributed by atoms with Crippen LogP contribution in [0.3, 0.4) is 0 Å². The van der Waals surface area contributed by atoms with Crippen LogP contribution < -0.4 is 11.1 Å². The lowest BCUT2D eigenvalue weighted by Gasteiger charge is -2.26. The van der Waals surface area contributed by atoms with Gasteiger partial charge in [0.25, 0.3) is 0 Å². The van der Waals surface area contributed by atoms with Crippen molar-refractivity contribution in [3.8, 4) is 0 Å². The number of carbonyl (C=O) groups is 1. The van der Waals surface area contributed by atoms with Crippen molar-refractivity contribution in [3.05, 3.63) is 0 Å². The molecule has 0 aliphatic carbocycles. The largest absolute Gasteiger partial charge is 0.388 e. The number of nitrogens with two attached hydrogens (primary N) is 1. The Bertz CT molecular complexity index is 200. The van der Waals surface area contributed by atoms with Gasteiger partial charge in [-0.25, -0.2) is 0 Å². The predicted octanol–water partition coefficient (Wildman–Crippen LogP) is 0.391. The van der Waals surface area contributed by atoms with E-state index in [-0.39, 0.29) is 12.5 Å². The minimum atomic E-state index is -0.848. The van der Waals surface area contributed by atoms with Crippen molar-refractivity contribution in [1.29, 1.82) is 0 Å². The molecule has 0 saturated heterocycles. The minimum absolute atomic E-state index is 0.214. The number of nitrogens with one attached hydrogen (secondary N) is 1. The molecule has 0 aromatic heterocycles. The highest BCUT2D eigenvalue weighted by Crippen LogP contribution is 2.08. The second-order valence-electron chi connectivity index (χ2n) is 4.30. The number of hydrogen-bond acceptors (Lipinski definition) is 3. The lowest BCUT2D eigenvalue weighted by atomic mass is 9.98. The lowest BCUT2D eigenvalue weighted by Crippen LogP contribution is -2.54.